The summed E-state index contributed by atoms with van der Waals surface area (Å²) < 4.78 is 12.6. The molecule has 3 aromatic rings. The second-order valence-electron chi connectivity index (χ2n) is 15.9. The summed E-state index contributed by atoms with van der Waals surface area (Å²) in [6.07, 6.45) is 5.87. The molecule has 6 rings (SSSR count). The summed E-state index contributed by atoms with van der Waals surface area (Å²) in [5.74, 6) is -0.122. The third-order valence-corrected chi connectivity index (χ3v) is 16.4. The highest BCUT2D eigenvalue weighted by molar-refractivity contribution is 6.91. The van der Waals surface area contributed by atoms with E-state index in [1.54, 1.807) is 23.0 Å². The maximum atomic E-state index is 15.1. The smallest absolute Gasteiger partial charge is 0.269 e. The molecule has 5 atom stereocenters. The number of nitro benzene ring substituents is 1. The van der Waals surface area contributed by atoms with Gasteiger partial charge in [0.2, 0.25) is 5.91 Å². The van der Waals surface area contributed by atoms with Crippen LogP contribution in [0.25, 0.3) is 0 Å². The fourth-order valence-corrected chi connectivity index (χ4v) is 13.1. The third-order valence-electron chi connectivity index (χ3n) is 12.0. The van der Waals surface area contributed by atoms with Gasteiger partial charge in [0.25, 0.3) is 11.6 Å². The molecule has 3 heterocycles. The van der Waals surface area contributed by atoms with Crippen LogP contribution < -0.4 is 14.8 Å². The molecule has 11 heteroatoms. The van der Waals surface area contributed by atoms with Gasteiger partial charge in [-0.1, -0.05) is 84.9 Å². The molecule has 0 unspecified atom stereocenters. The summed E-state index contributed by atoms with van der Waals surface area (Å²) in [6, 6.07) is 20.2. The van der Waals surface area contributed by atoms with Crippen LogP contribution >= 0.6 is 0 Å². The van der Waals surface area contributed by atoms with Gasteiger partial charge in [0.1, 0.15) is 5.75 Å². The van der Waals surface area contributed by atoms with Gasteiger partial charge < -0.3 is 24.4 Å². The minimum Gasteiger partial charge on any atom is -0.497 e. The van der Waals surface area contributed by atoms with Crippen LogP contribution in [0, 0.1) is 16.0 Å². The summed E-state index contributed by atoms with van der Waals surface area (Å²) >= 11 is 0. The summed E-state index contributed by atoms with van der Waals surface area (Å²) in [7, 11) is -0.965. The van der Waals surface area contributed by atoms with Crippen LogP contribution in [0.5, 0.6) is 5.75 Å². The number of amides is 2. The predicted octanol–water partition coefficient (Wildman–Crippen LogP) is 7.19. The van der Waals surface area contributed by atoms with Crippen molar-refractivity contribution in [3.05, 3.63) is 117 Å². The zero-order chi connectivity index (χ0) is 38.9. The lowest BCUT2D eigenvalue weighted by molar-refractivity contribution is -0.385. The molecule has 54 heavy (non-hydrogen) atoms. The highest BCUT2D eigenvalue weighted by Crippen LogP contribution is 2.60. The van der Waals surface area contributed by atoms with Crippen molar-refractivity contribution < 1.29 is 29.1 Å². The number of hydrogen-bond acceptors (Lipinski definition) is 7. The zero-order valence-electron chi connectivity index (χ0n) is 32.5. The van der Waals surface area contributed by atoms with Crippen molar-refractivity contribution >= 4 is 36.4 Å². The summed E-state index contributed by atoms with van der Waals surface area (Å²) in [4.78, 5) is 44.8. The molecule has 1 saturated heterocycles. The van der Waals surface area contributed by atoms with E-state index in [1.807, 2.05) is 43.3 Å². The lowest BCUT2D eigenvalue weighted by atomic mass is 9.82. The first-order chi connectivity index (χ1) is 25.7. The van der Waals surface area contributed by atoms with E-state index in [0.717, 1.165) is 40.5 Å². The van der Waals surface area contributed by atoms with Gasteiger partial charge in [-0.05, 0) is 74.9 Å². The molecular weight excluding hydrogens is 699 g/mol. The first-order valence-electron chi connectivity index (χ1n) is 18.9. The Kier molecular flexibility index (Phi) is 11.3. The highest BCUT2D eigenvalue weighted by atomic mass is 28.3. The Morgan fingerprint density at radius 2 is 1.78 bits per heavy atom. The van der Waals surface area contributed by atoms with Crippen LogP contribution in [-0.2, 0) is 32.9 Å². The number of fused-ring (bicyclic) bond motifs is 3. The quantitative estimate of drug-likeness (QED) is 0.0900. The molecular formula is C43H53N3O7Si. The van der Waals surface area contributed by atoms with Crippen LogP contribution in [0.15, 0.2) is 90.0 Å². The first kappa shape index (κ1) is 39.1. The number of carbonyl (C=O) groups is 2. The van der Waals surface area contributed by atoms with Gasteiger partial charge in [-0.3, -0.25) is 19.7 Å². The average molecular weight is 752 g/mol. The standard InChI is InChI=1S/C43H53N3O7Si/c1-28(2)11-10-12-29(3)21-22-44-38-20-15-33(46(50)51)24-37(38)43(42(44)49)30(4)41(54(6,7)36-18-16-35(52-5)17-19-36)39(53-43)25-40(48)45-26-32-14-9-8-13-31(32)23-34(45)27-47/h8-9,11,13-21,24,30,34,39,41,47H,10,12,22-23,25-27H2,1-7H3/b29-21+/t30-,34-,39+,41-,43+/m0/s1. The summed E-state index contributed by atoms with van der Waals surface area (Å²) in [6.45, 7) is 13.2. The van der Waals surface area contributed by atoms with Crippen molar-refractivity contribution in [2.75, 3.05) is 25.2 Å². The van der Waals surface area contributed by atoms with Crippen molar-refractivity contribution in [1.82, 2.24) is 4.90 Å². The van der Waals surface area contributed by atoms with E-state index in [2.05, 4.69) is 58.2 Å². The predicted molar refractivity (Wildman–Crippen MR) is 214 cm³/mol. The van der Waals surface area contributed by atoms with Gasteiger partial charge in [0, 0.05) is 36.7 Å². The first-order valence-corrected chi connectivity index (χ1v) is 22.0. The van der Waals surface area contributed by atoms with Crippen LogP contribution in [0.3, 0.4) is 0 Å². The summed E-state index contributed by atoms with van der Waals surface area (Å²) in [5.41, 5.74) is 3.73. The molecule has 1 fully saturated rings. The van der Waals surface area contributed by atoms with E-state index in [9.17, 15) is 20.0 Å². The monoisotopic (exact) mass is 751 g/mol. The number of anilines is 1. The average Bonchev–Trinajstić information content (AvgIpc) is 3.58. The second kappa shape index (κ2) is 15.6. The molecule has 3 aliphatic rings. The van der Waals surface area contributed by atoms with Gasteiger partial charge in [-0.2, -0.15) is 0 Å². The van der Waals surface area contributed by atoms with Gasteiger partial charge in [-0.25, -0.2) is 0 Å². The topological polar surface area (TPSA) is 122 Å². The maximum Gasteiger partial charge on any atom is 0.269 e. The SMILES string of the molecule is COc1ccc([Si](C)(C)[C@@H]2[C@@H](CC(=O)N3Cc4ccccc4C[C@H]3CO)O[C@]3(C(=O)N(C/C=C(\C)CCC=C(C)C)c4ccc([N+](=O)[O-])cc43)[C@H]2C)cc1. The maximum absolute atomic E-state index is 15.1. The van der Waals surface area contributed by atoms with Crippen LogP contribution in [0.2, 0.25) is 18.6 Å². The fraction of sp³-hybridized carbons (Fsp3) is 0.442. The van der Waals surface area contributed by atoms with E-state index < -0.39 is 30.6 Å². The number of aliphatic hydroxyl groups excluding tert-OH is 1. The molecule has 0 aliphatic carbocycles. The number of aliphatic hydroxyl groups is 1. The van der Waals surface area contributed by atoms with E-state index in [0.29, 0.717) is 30.8 Å². The second-order valence-corrected chi connectivity index (χ2v) is 20.6. The van der Waals surface area contributed by atoms with Gasteiger partial charge in [0.15, 0.2) is 5.60 Å². The molecule has 0 saturated carbocycles. The molecule has 0 aromatic heterocycles. The minimum atomic E-state index is -2.59. The molecule has 2 amide bonds. The van der Waals surface area contributed by atoms with E-state index in [1.165, 1.54) is 17.7 Å². The number of allylic oxidation sites excluding steroid dienone is 3. The third kappa shape index (κ3) is 7.16. The molecule has 1 N–H and O–H groups in total. The van der Waals surface area contributed by atoms with Crippen molar-refractivity contribution in [3.8, 4) is 5.75 Å². The number of methoxy groups -OCH3 is 1. The molecule has 1 spiro atoms. The van der Waals surface area contributed by atoms with E-state index in [4.69, 9.17) is 9.47 Å². The molecule has 3 aliphatic heterocycles. The van der Waals surface area contributed by atoms with Crippen LogP contribution in [0.4, 0.5) is 11.4 Å². The number of hydrogen-bond donors (Lipinski definition) is 1. The van der Waals surface area contributed by atoms with Crippen LogP contribution in [0.1, 0.15) is 63.6 Å². The number of rotatable bonds is 12. The Labute approximate surface area is 319 Å². The number of nitro groups is 1. The highest BCUT2D eigenvalue weighted by Gasteiger charge is 2.66. The van der Waals surface area contributed by atoms with Crippen molar-refractivity contribution in [2.24, 2.45) is 5.92 Å². The molecule has 3 aromatic carbocycles. The Morgan fingerprint density at radius 3 is 2.43 bits per heavy atom. The lowest BCUT2D eigenvalue weighted by Gasteiger charge is -2.39. The number of benzene rings is 3. The molecule has 286 valence electrons. The molecule has 0 bridgehead atoms. The fourth-order valence-electron chi connectivity index (χ4n) is 9.07. The van der Waals surface area contributed by atoms with Gasteiger partial charge >= 0.3 is 0 Å². The Hall–Kier alpha value is -4.58. The van der Waals surface area contributed by atoms with Gasteiger partial charge in [-0.15, -0.1) is 0 Å². The Bertz CT molecular complexity index is 1970. The zero-order valence-corrected chi connectivity index (χ0v) is 33.5. The number of non-ortho nitro benzene ring substituents is 1. The minimum absolute atomic E-state index is 0.00290. The summed E-state index contributed by atoms with van der Waals surface area (Å²) in [5, 5.41) is 23.7. The lowest BCUT2D eigenvalue weighted by Crippen LogP contribution is -2.52. The van der Waals surface area contributed by atoms with Crippen molar-refractivity contribution in [3.63, 3.8) is 0 Å². The van der Waals surface area contributed by atoms with Crippen molar-refractivity contribution in [2.45, 2.75) is 96.3 Å². The number of nitrogens with zero attached hydrogens (tertiary/aromatic N) is 3. The number of ether oxygens (including phenoxy) is 2. The van der Waals surface area contributed by atoms with Crippen molar-refractivity contribution in [1.29, 1.82) is 0 Å². The van der Waals surface area contributed by atoms with E-state index >= 15 is 4.79 Å². The van der Waals surface area contributed by atoms with Gasteiger partial charge in [0.05, 0.1) is 51.0 Å². The Balaban J connectivity index is 1.42. The van der Waals surface area contributed by atoms with Crippen LogP contribution in [-0.4, -0.2) is 67.2 Å². The number of carbonyl (C=O) groups excluding carboxylic acids is 2. The largest absolute Gasteiger partial charge is 0.497 e. The van der Waals surface area contributed by atoms with E-state index in [-0.39, 0.29) is 42.1 Å². The molecule has 0 radical (unpaired) electrons. The molecule has 10 nitrogen and oxygen atoms in total. The Morgan fingerprint density at radius 1 is 1.07 bits per heavy atom. The normalized spacial score (nSPS) is 23.7.